The van der Waals surface area contributed by atoms with E-state index in [-0.39, 0.29) is 0 Å². The van der Waals surface area contributed by atoms with Crippen molar-refractivity contribution in [1.82, 2.24) is 4.98 Å². The summed E-state index contributed by atoms with van der Waals surface area (Å²) in [6.45, 7) is 1.16. The molecule has 0 fully saturated rings. The smallest absolute Gasteiger partial charge is 0.120 e. The molecule has 0 saturated heterocycles. The maximum absolute atomic E-state index is 6.08. The van der Waals surface area contributed by atoms with Crippen LogP contribution in [0.3, 0.4) is 0 Å². The third-order valence-corrected chi connectivity index (χ3v) is 6.36. The average molecular weight is 432 g/mol. The number of hydrogen-bond donors (Lipinski definition) is 1. The summed E-state index contributed by atoms with van der Waals surface area (Å²) in [7, 11) is 0. The molecule has 1 N–H and O–H groups in total. The van der Waals surface area contributed by atoms with E-state index in [1.54, 1.807) is 0 Å². The summed E-state index contributed by atoms with van der Waals surface area (Å²) in [6, 6.07) is 33.4. The van der Waals surface area contributed by atoms with E-state index in [9.17, 15) is 0 Å². The van der Waals surface area contributed by atoms with Gasteiger partial charge in [0.1, 0.15) is 24.7 Å². The Morgan fingerprint density at radius 2 is 1.27 bits per heavy atom. The molecule has 4 aromatic carbocycles. The van der Waals surface area contributed by atoms with Gasteiger partial charge in [0.2, 0.25) is 0 Å². The van der Waals surface area contributed by atoms with E-state index >= 15 is 0 Å². The molecule has 3 heteroatoms. The van der Waals surface area contributed by atoms with Gasteiger partial charge in [-0.25, -0.2) is 0 Å². The monoisotopic (exact) mass is 431 g/mol. The van der Waals surface area contributed by atoms with Crippen molar-refractivity contribution in [2.75, 3.05) is 0 Å². The van der Waals surface area contributed by atoms with E-state index in [0.29, 0.717) is 13.2 Å². The van der Waals surface area contributed by atoms with E-state index < -0.39 is 0 Å². The molecule has 1 heterocycles. The van der Waals surface area contributed by atoms with Gasteiger partial charge < -0.3 is 14.5 Å². The van der Waals surface area contributed by atoms with Crippen LogP contribution in [0.2, 0.25) is 0 Å². The Kier molecular flexibility index (Phi) is 5.08. The second-order valence-electron chi connectivity index (χ2n) is 8.55. The molecule has 0 bridgehead atoms. The van der Waals surface area contributed by atoms with Crippen molar-refractivity contribution < 1.29 is 9.47 Å². The fraction of sp³-hybridized carbons (Fsp3) is 0.133. The second-order valence-corrected chi connectivity index (χ2v) is 8.55. The number of rotatable bonds is 6. The van der Waals surface area contributed by atoms with Gasteiger partial charge in [-0.15, -0.1) is 0 Å². The molecule has 33 heavy (non-hydrogen) atoms. The van der Waals surface area contributed by atoms with Crippen molar-refractivity contribution in [3.63, 3.8) is 0 Å². The highest BCUT2D eigenvalue weighted by Crippen LogP contribution is 2.40. The number of H-pyrrole nitrogens is 1. The van der Waals surface area contributed by atoms with Crippen LogP contribution in [0, 0.1) is 0 Å². The zero-order valence-corrected chi connectivity index (χ0v) is 18.4. The van der Waals surface area contributed by atoms with E-state index in [2.05, 4.69) is 65.6 Å². The van der Waals surface area contributed by atoms with Gasteiger partial charge in [-0.1, -0.05) is 60.7 Å². The lowest BCUT2D eigenvalue weighted by Gasteiger charge is -2.18. The van der Waals surface area contributed by atoms with Crippen molar-refractivity contribution in [1.29, 1.82) is 0 Å². The Morgan fingerprint density at radius 1 is 0.636 bits per heavy atom. The Hall–Kier alpha value is -3.98. The molecule has 1 aromatic heterocycles. The van der Waals surface area contributed by atoms with Gasteiger partial charge in [-0.3, -0.25) is 0 Å². The molecule has 5 aromatic rings. The van der Waals surface area contributed by atoms with Crippen molar-refractivity contribution in [2.45, 2.75) is 26.1 Å². The van der Waals surface area contributed by atoms with Gasteiger partial charge in [-0.05, 0) is 71.5 Å². The highest BCUT2D eigenvalue weighted by atomic mass is 16.5. The molecule has 0 radical (unpaired) electrons. The maximum atomic E-state index is 6.08. The van der Waals surface area contributed by atoms with Crippen LogP contribution in [0.25, 0.3) is 22.2 Å². The first-order chi connectivity index (χ1) is 16.3. The maximum Gasteiger partial charge on any atom is 0.120 e. The number of benzene rings is 4. The molecule has 1 aliphatic carbocycles. The van der Waals surface area contributed by atoms with Gasteiger partial charge in [0.25, 0.3) is 0 Å². The highest BCUT2D eigenvalue weighted by molar-refractivity contribution is 5.93. The fourth-order valence-corrected chi connectivity index (χ4v) is 4.66. The third-order valence-electron chi connectivity index (χ3n) is 6.36. The van der Waals surface area contributed by atoms with Gasteiger partial charge >= 0.3 is 0 Å². The van der Waals surface area contributed by atoms with Crippen LogP contribution >= 0.6 is 0 Å². The van der Waals surface area contributed by atoms with Gasteiger partial charge in [0.15, 0.2) is 0 Å². The van der Waals surface area contributed by atoms with Crippen molar-refractivity contribution >= 4 is 10.9 Å². The molecular formula is C30H25NO2. The second kappa shape index (κ2) is 8.51. The largest absolute Gasteiger partial charge is 0.489 e. The summed E-state index contributed by atoms with van der Waals surface area (Å²) in [5.74, 6) is 1.83. The molecule has 3 nitrogen and oxygen atoms in total. The average Bonchev–Trinajstić information content (AvgIpc) is 3.25. The van der Waals surface area contributed by atoms with Crippen LogP contribution < -0.4 is 9.47 Å². The summed E-state index contributed by atoms with van der Waals surface area (Å²) < 4.78 is 12.1. The summed E-state index contributed by atoms with van der Waals surface area (Å²) in [4.78, 5) is 3.65. The minimum Gasteiger partial charge on any atom is -0.489 e. The number of aromatic amines is 1. The molecule has 0 saturated carbocycles. The number of ether oxygens (including phenoxy) is 2. The minimum absolute atomic E-state index is 0.577. The number of fused-ring (bicyclic) bond motifs is 5. The summed E-state index contributed by atoms with van der Waals surface area (Å²) in [5, 5.41) is 1.26. The number of aryl methyl sites for hydroxylation is 2. The van der Waals surface area contributed by atoms with Crippen molar-refractivity contribution in [2.24, 2.45) is 0 Å². The van der Waals surface area contributed by atoms with Crippen molar-refractivity contribution in [3.8, 4) is 22.8 Å². The lowest BCUT2D eigenvalue weighted by Crippen LogP contribution is -2.04. The zero-order valence-electron chi connectivity index (χ0n) is 18.4. The topological polar surface area (TPSA) is 34.2 Å². The molecule has 6 rings (SSSR count). The first-order valence-corrected chi connectivity index (χ1v) is 11.4. The van der Waals surface area contributed by atoms with Crippen LogP contribution in [0.1, 0.15) is 22.3 Å². The molecule has 162 valence electrons. The number of hydrogen-bond acceptors (Lipinski definition) is 2. The van der Waals surface area contributed by atoms with Crippen LogP contribution in [0.4, 0.5) is 0 Å². The fourth-order valence-electron chi connectivity index (χ4n) is 4.66. The standard InChI is InChI=1S/C30H25NO2/c1-3-7-21(8-4-1)19-32-24-12-15-26-23(17-24)11-14-27-28-18-25(13-16-29(28)31-30(26)27)33-20-22-9-5-2-6-10-22/h1-10,12-13,15-18,31H,11,14,19-20H2. The normalized spacial score (nSPS) is 12.2. The predicted octanol–water partition coefficient (Wildman–Crippen LogP) is 7.09. The SMILES string of the molecule is c1ccc(COc2ccc3c(c2)CCc2c-3[nH]c3ccc(OCc4ccccc4)cc23)cc1. The zero-order chi connectivity index (χ0) is 22.0. The number of aromatic nitrogens is 1. The molecule has 0 unspecified atom stereocenters. The lowest BCUT2D eigenvalue weighted by molar-refractivity contribution is 0.306. The predicted molar refractivity (Wildman–Crippen MR) is 133 cm³/mol. The van der Waals surface area contributed by atoms with Gasteiger partial charge in [0, 0.05) is 22.2 Å². The quantitative estimate of drug-likeness (QED) is 0.311. The Bertz CT molecular complexity index is 1400. The molecule has 0 atom stereocenters. The first-order valence-electron chi connectivity index (χ1n) is 11.4. The summed E-state index contributed by atoms with van der Waals surface area (Å²) in [5.41, 5.74) is 8.71. The molecule has 0 aliphatic heterocycles. The molecule has 1 aliphatic rings. The molecule has 0 spiro atoms. The summed E-state index contributed by atoms with van der Waals surface area (Å²) >= 11 is 0. The minimum atomic E-state index is 0.577. The molecular weight excluding hydrogens is 406 g/mol. The first kappa shape index (κ1) is 19.7. The Labute approximate surface area is 193 Å². The van der Waals surface area contributed by atoms with Crippen LogP contribution in [0.5, 0.6) is 11.5 Å². The summed E-state index contributed by atoms with van der Waals surface area (Å²) in [6.07, 6.45) is 2.01. The van der Waals surface area contributed by atoms with E-state index in [1.165, 1.54) is 38.9 Å². The van der Waals surface area contributed by atoms with Crippen molar-refractivity contribution in [3.05, 3.63) is 119 Å². The highest BCUT2D eigenvalue weighted by Gasteiger charge is 2.21. The van der Waals surface area contributed by atoms with Gasteiger partial charge in [0.05, 0.1) is 0 Å². The van der Waals surface area contributed by atoms with E-state index in [4.69, 9.17) is 9.47 Å². The van der Waals surface area contributed by atoms with Crippen LogP contribution in [-0.4, -0.2) is 4.98 Å². The van der Waals surface area contributed by atoms with E-state index in [0.717, 1.165) is 29.9 Å². The van der Waals surface area contributed by atoms with E-state index in [1.807, 2.05) is 36.4 Å². The van der Waals surface area contributed by atoms with Crippen LogP contribution in [-0.2, 0) is 26.1 Å². The molecule has 0 amide bonds. The Balaban J connectivity index is 1.24. The third kappa shape index (κ3) is 3.98. The number of nitrogens with one attached hydrogen (secondary N) is 1. The Morgan fingerprint density at radius 3 is 1.97 bits per heavy atom. The lowest BCUT2D eigenvalue weighted by atomic mass is 9.89. The van der Waals surface area contributed by atoms with Gasteiger partial charge in [-0.2, -0.15) is 0 Å². The van der Waals surface area contributed by atoms with Crippen LogP contribution in [0.15, 0.2) is 97.1 Å².